The van der Waals surface area contributed by atoms with E-state index in [2.05, 4.69) is 16.7 Å². The van der Waals surface area contributed by atoms with Gasteiger partial charge in [-0.1, -0.05) is 18.3 Å². The summed E-state index contributed by atoms with van der Waals surface area (Å²) < 4.78 is 0. The summed E-state index contributed by atoms with van der Waals surface area (Å²) in [5.74, 6) is 2.50. The van der Waals surface area contributed by atoms with Gasteiger partial charge in [0.1, 0.15) is 6.54 Å². The summed E-state index contributed by atoms with van der Waals surface area (Å²) in [4.78, 5) is 36.9. The molecule has 0 aromatic heterocycles. The molecule has 0 unspecified atom stereocenters. The van der Waals surface area contributed by atoms with E-state index in [4.69, 9.17) is 24.6 Å². The highest BCUT2D eigenvalue weighted by molar-refractivity contribution is 6.27. The smallest absolute Gasteiger partial charge is 0.414 e. The zero-order valence-corrected chi connectivity index (χ0v) is 12.3. The van der Waals surface area contributed by atoms with Gasteiger partial charge in [0.05, 0.1) is 19.6 Å². The fourth-order valence-electron chi connectivity index (χ4n) is 1.99. The van der Waals surface area contributed by atoms with Crippen molar-refractivity contribution in [2.45, 2.75) is 25.7 Å². The minimum absolute atomic E-state index is 0.0484. The van der Waals surface area contributed by atoms with Gasteiger partial charge in [0.2, 0.25) is 5.91 Å². The Balaban J connectivity index is 0.000000346. The van der Waals surface area contributed by atoms with Gasteiger partial charge in [-0.25, -0.2) is 14.7 Å². The van der Waals surface area contributed by atoms with Crippen LogP contribution < -0.4 is 0 Å². The molecular weight excluding hydrogens is 292 g/mol. The molecule has 22 heavy (non-hydrogen) atoms. The summed E-state index contributed by atoms with van der Waals surface area (Å²) in [7, 11) is 0. The molecule has 2 saturated heterocycles. The zero-order valence-electron chi connectivity index (χ0n) is 12.3. The molecule has 0 atom stereocenters. The maximum absolute atomic E-state index is 11.2. The molecule has 2 rings (SSSR count). The predicted octanol–water partition coefficient (Wildman–Crippen LogP) is -0.205. The van der Waals surface area contributed by atoms with Gasteiger partial charge in [-0.05, 0) is 25.9 Å². The van der Waals surface area contributed by atoms with Crippen LogP contribution >= 0.6 is 0 Å². The van der Waals surface area contributed by atoms with Gasteiger partial charge in [-0.2, -0.15) is 0 Å². The third kappa shape index (κ3) is 7.06. The van der Waals surface area contributed by atoms with Crippen molar-refractivity contribution in [1.82, 2.24) is 9.96 Å². The number of hydrogen-bond acceptors (Lipinski definition) is 5. The first kappa shape index (κ1) is 17.9. The van der Waals surface area contributed by atoms with Crippen molar-refractivity contribution >= 4 is 17.8 Å². The zero-order chi connectivity index (χ0) is 16.4. The third-order valence-electron chi connectivity index (χ3n) is 3.12. The maximum Gasteiger partial charge on any atom is 0.414 e. The minimum Gasteiger partial charge on any atom is -0.473 e. The lowest BCUT2D eigenvalue weighted by Crippen LogP contribution is -2.30. The fourth-order valence-corrected chi connectivity index (χ4v) is 1.99. The van der Waals surface area contributed by atoms with Crippen LogP contribution in [0.25, 0.3) is 0 Å². The Morgan fingerprint density at radius 3 is 2.14 bits per heavy atom. The Labute approximate surface area is 128 Å². The number of likely N-dealkylation sites (tertiary alicyclic amines) is 1. The largest absolute Gasteiger partial charge is 0.473 e. The van der Waals surface area contributed by atoms with Gasteiger partial charge in [0.25, 0.3) is 0 Å². The fraction of sp³-hybridized carbons (Fsp3) is 0.643. The summed E-state index contributed by atoms with van der Waals surface area (Å²) in [6.07, 6.45) is 4.42. The Morgan fingerprint density at radius 2 is 1.64 bits per heavy atom. The summed E-state index contributed by atoms with van der Waals surface area (Å²) in [6.45, 7) is 4.06. The van der Waals surface area contributed by atoms with Crippen LogP contribution in [0.2, 0.25) is 0 Å². The number of nitrogens with zero attached hydrogens (tertiary/aromatic N) is 2. The van der Waals surface area contributed by atoms with Crippen molar-refractivity contribution < 1.29 is 29.4 Å². The number of carbonyl (C=O) groups excluding carboxylic acids is 1. The van der Waals surface area contributed by atoms with Gasteiger partial charge < -0.3 is 10.2 Å². The Bertz CT molecular complexity index is 450. The lowest BCUT2D eigenvalue weighted by atomic mass is 10.1. The number of carbonyl (C=O) groups is 3. The van der Waals surface area contributed by atoms with Crippen LogP contribution in [0, 0.1) is 11.8 Å². The van der Waals surface area contributed by atoms with Gasteiger partial charge in [-0.15, -0.1) is 0 Å². The number of hydrogen-bond donors (Lipinski definition) is 2. The van der Waals surface area contributed by atoms with Crippen molar-refractivity contribution in [2.24, 2.45) is 0 Å². The minimum atomic E-state index is -1.82. The highest BCUT2D eigenvalue weighted by Gasteiger charge is 2.19. The summed E-state index contributed by atoms with van der Waals surface area (Å²) in [5, 5.41) is 16.1. The first-order valence-electron chi connectivity index (χ1n) is 7.08. The SMILES string of the molecule is O=C(O)C(=O)O.O=C1CCON1CC#CCN1CCCCC1. The van der Waals surface area contributed by atoms with E-state index in [1.165, 1.54) is 24.3 Å². The highest BCUT2D eigenvalue weighted by atomic mass is 16.7. The number of piperidine rings is 1. The molecule has 2 aliphatic rings. The quantitative estimate of drug-likeness (QED) is 0.537. The summed E-state index contributed by atoms with van der Waals surface area (Å²) in [6, 6.07) is 0. The van der Waals surface area contributed by atoms with E-state index >= 15 is 0 Å². The summed E-state index contributed by atoms with van der Waals surface area (Å²) >= 11 is 0. The maximum atomic E-state index is 11.2. The van der Waals surface area contributed by atoms with E-state index in [1.54, 1.807) is 0 Å². The number of amides is 1. The van der Waals surface area contributed by atoms with Gasteiger partial charge in [0, 0.05) is 0 Å². The van der Waals surface area contributed by atoms with Crippen LogP contribution in [0.3, 0.4) is 0 Å². The van der Waals surface area contributed by atoms with Crippen LogP contribution in [0.5, 0.6) is 0 Å². The van der Waals surface area contributed by atoms with E-state index in [0.717, 1.165) is 19.6 Å². The van der Waals surface area contributed by atoms with Gasteiger partial charge in [-0.3, -0.25) is 14.5 Å². The molecule has 122 valence electrons. The van der Waals surface area contributed by atoms with Crippen molar-refractivity contribution in [2.75, 3.05) is 32.8 Å². The third-order valence-corrected chi connectivity index (χ3v) is 3.12. The van der Waals surface area contributed by atoms with E-state index < -0.39 is 11.9 Å². The average Bonchev–Trinajstić information content (AvgIpc) is 2.91. The monoisotopic (exact) mass is 312 g/mol. The van der Waals surface area contributed by atoms with Crippen LogP contribution in [0.15, 0.2) is 0 Å². The topological polar surface area (TPSA) is 107 Å². The molecule has 0 aromatic rings. The number of carboxylic acid groups (broad SMARTS) is 2. The Kier molecular flexibility index (Phi) is 7.96. The first-order valence-corrected chi connectivity index (χ1v) is 7.08. The Hall–Kier alpha value is -2.11. The number of carboxylic acids is 2. The lowest BCUT2D eigenvalue weighted by Gasteiger charge is -2.23. The molecule has 2 N–H and O–H groups in total. The number of rotatable bonds is 2. The molecule has 2 aliphatic heterocycles. The molecule has 0 aliphatic carbocycles. The van der Waals surface area contributed by atoms with Crippen molar-refractivity contribution in [3.05, 3.63) is 0 Å². The average molecular weight is 312 g/mol. The predicted molar refractivity (Wildman–Crippen MR) is 75.6 cm³/mol. The molecule has 1 amide bonds. The Morgan fingerprint density at radius 1 is 1.05 bits per heavy atom. The number of aliphatic carboxylic acids is 2. The van der Waals surface area contributed by atoms with Crippen molar-refractivity contribution in [1.29, 1.82) is 0 Å². The normalized spacial score (nSPS) is 18.0. The molecular formula is C14H20N2O6. The van der Waals surface area contributed by atoms with Crippen LogP contribution in [0.4, 0.5) is 0 Å². The molecule has 0 bridgehead atoms. The first-order chi connectivity index (χ1) is 10.5. The van der Waals surface area contributed by atoms with Crippen LogP contribution in [-0.4, -0.2) is 70.8 Å². The highest BCUT2D eigenvalue weighted by Crippen LogP contribution is 2.07. The number of hydroxylamine groups is 2. The van der Waals surface area contributed by atoms with E-state index in [9.17, 15) is 4.79 Å². The van der Waals surface area contributed by atoms with E-state index in [-0.39, 0.29) is 5.91 Å². The summed E-state index contributed by atoms with van der Waals surface area (Å²) in [5.41, 5.74) is 0. The molecule has 0 aromatic carbocycles. The molecule has 0 saturated carbocycles. The molecule has 0 spiro atoms. The van der Waals surface area contributed by atoms with E-state index in [1.807, 2.05) is 0 Å². The van der Waals surface area contributed by atoms with E-state index in [0.29, 0.717) is 19.6 Å². The molecule has 2 fully saturated rings. The van der Waals surface area contributed by atoms with Gasteiger partial charge in [0.15, 0.2) is 0 Å². The molecule has 8 nitrogen and oxygen atoms in total. The van der Waals surface area contributed by atoms with Crippen molar-refractivity contribution in [3.8, 4) is 11.8 Å². The van der Waals surface area contributed by atoms with Crippen molar-refractivity contribution in [3.63, 3.8) is 0 Å². The second kappa shape index (κ2) is 9.76. The lowest BCUT2D eigenvalue weighted by molar-refractivity contribution is -0.159. The van der Waals surface area contributed by atoms with Crippen LogP contribution in [-0.2, 0) is 19.2 Å². The molecule has 8 heteroatoms. The van der Waals surface area contributed by atoms with Crippen LogP contribution in [0.1, 0.15) is 25.7 Å². The molecule has 2 heterocycles. The standard InChI is InChI=1S/C12H18N2O2.C2H2O4/c15-12-6-11-16-14(12)10-5-4-9-13-7-2-1-3-8-13;3-1(4)2(5)6/h1-3,6-11H2;(H,3,4)(H,5,6). The van der Waals surface area contributed by atoms with Gasteiger partial charge >= 0.3 is 11.9 Å². The second-order valence-corrected chi connectivity index (χ2v) is 4.81. The molecule has 0 radical (unpaired) electrons. The second-order valence-electron chi connectivity index (χ2n) is 4.81.